The molecule has 3 heteroatoms. The lowest BCUT2D eigenvalue weighted by Crippen LogP contribution is -2.27. The van der Waals surface area contributed by atoms with Gasteiger partial charge in [-0.3, -0.25) is 0 Å². The van der Waals surface area contributed by atoms with Crippen LogP contribution in [0.4, 0.5) is 0 Å². The minimum Gasteiger partial charge on any atom is -0.493 e. The third-order valence-corrected chi connectivity index (χ3v) is 3.84. The molecule has 0 radical (unpaired) electrons. The zero-order valence-electron chi connectivity index (χ0n) is 14.3. The number of ether oxygens (including phenoxy) is 2. The maximum absolute atomic E-state index is 12.6. The van der Waals surface area contributed by atoms with Gasteiger partial charge in [0.2, 0.25) is 0 Å². The second-order valence-corrected chi connectivity index (χ2v) is 5.98. The average molecular weight is 312 g/mol. The van der Waals surface area contributed by atoms with E-state index in [4.69, 9.17) is 9.47 Å². The quantitative estimate of drug-likeness (QED) is 0.696. The second kappa shape index (κ2) is 7.32. The minimum absolute atomic E-state index is 0.307. The third kappa shape index (κ3) is 4.13. The highest BCUT2D eigenvalue weighted by atomic mass is 16.6. The molecule has 0 aliphatic carbocycles. The SMILES string of the molecule is CCOc1ccccc1-c1ccccc1C(=O)OC(C)(C)CC. The van der Waals surface area contributed by atoms with E-state index in [1.165, 1.54) is 0 Å². The molecule has 122 valence electrons. The molecule has 0 heterocycles. The highest BCUT2D eigenvalue weighted by Crippen LogP contribution is 2.33. The number of carbonyl (C=O) groups excluding carboxylic acids is 1. The van der Waals surface area contributed by atoms with Crippen LogP contribution in [0.25, 0.3) is 11.1 Å². The van der Waals surface area contributed by atoms with Crippen LogP contribution in [0.1, 0.15) is 44.5 Å². The van der Waals surface area contributed by atoms with Crippen LogP contribution in [-0.4, -0.2) is 18.2 Å². The maximum Gasteiger partial charge on any atom is 0.339 e. The molecule has 0 spiro atoms. The summed E-state index contributed by atoms with van der Waals surface area (Å²) >= 11 is 0. The van der Waals surface area contributed by atoms with E-state index in [1.807, 2.05) is 70.2 Å². The van der Waals surface area contributed by atoms with Crippen LogP contribution < -0.4 is 4.74 Å². The van der Waals surface area contributed by atoms with E-state index in [2.05, 4.69) is 0 Å². The maximum atomic E-state index is 12.6. The summed E-state index contributed by atoms with van der Waals surface area (Å²) in [5.41, 5.74) is 1.80. The Morgan fingerprint density at radius 3 is 2.22 bits per heavy atom. The van der Waals surface area contributed by atoms with Crippen LogP contribution in [0, 0.1) is 0 Å². The molecule has 0 aliphatic heterocycles. The van der Waals surface area contributed by atoms with Crippen LogP contribution >= 0.6 is 0 Å². The number of rotatable bonds is 6. The molecule has 2 aromatic rings. The fraction of sp³-hybridized carbons (Fsp3) is 0.350. The molecule has 2 rings (SSSR count). The third-order valence-electron chi connectivity index (χ3n) is 3.84. The Morgan fingerprint density at radius 2 is 1.57 bits per heavy atom. The standard InChI is InChI=1S/C20H24O3/c1-5-20(3,4)23-19(21)17-13-8-7-11-15(17)16-12-9-10-14-18(16)22-6-2/h7-14H,5-6H2,1-4H3. The van der Waals surface area contributed by atoms with Gasteiger partial charge in [0.15, 0.2) is 0 Å². The molecule has 0 N–H and O–H groups in total. The van der Waals surface area contributed by atoms with Crippen molar-refractivity contribution >= 4 is 5.97 Å². The van der Waals surface area contributed by atoms with Gasteiger partial charge in [-0.05, 0) is 44.9 Å². The summed E-state index contributed by atoms with van der Waals surface area (Å²) in [6.07, 6.45) is 0.760. The van der Waals surface area contributed by atoms with Crippen molar-refractivity contribution in [2.75, 3.05) is 6.61 Å². The Balaban J connectivity index is 2.44. The fourth-order valence-corrected chi connectivity index (χ4v) is 2.24. The van der Waals surface area contributed by atoms with Crippen molar-refractivity contribution in [1.29, 1.82) is 0 Å². The lowest BCUT2D eigenvalue weighted by molar-refractivity contribution is -0.00234. The van der Waals surface area contributed by atoms with Crippen molar-refractivity contribution in [3.8, 4) is 16.9 Å². The molecule has 2 aromatic carbocycles. The highest BCUT2D eigenvalue weighted by Gasteiger charge is 2.24. The van der Waals surface area contributed by atoms with Crippen LogP contribution in [0.15, 0.2) is 48.5 Å². The number of benzene rings is 2. The van der Waals surface area contributed by atoms with Gasteiger partial charge in [0, 0.05) is 5.56 Å². The lowest BCUT2D eigenvalue weighted by atomic mass is 9.98. The second-order valence-electron chi connectivity index (χ2n) is 5.98. The fourth-order valence-electron chi connectivity index (χ4n) is 2.24. The first-order valence-electron chi connectivity index (χ1n) is 8.03. The number of esters is 1. The monoisotopic (exact) mass is 312 g/mol. The largest absolute Gasteiger partial charge is 0.493 e. The van der Waals surface area contributed by atoms with Gasteiger partial charge in [0.25, 0.3) is 0 Å². The summed E-state index contributed by atoms with van der Waals surface area (Å²) in [6.45, 7) is 8.36. The lowest BCUT2D eigenvalue weighted by Gasteiger charge is -2.24. The molecule has 0 bridgehead atoms. The van der Waals surface area contributed by atoms with E-state index in [-0.39, 0.29) is 5.97 Å². The van der Waals surface area contributed by atoms with E-state index in [1.54, 1.807) is 6.07 Å². The van der Waals surface area contributed by atoms with Gasteiger partial charge in [-0.25, -0.2) is 4.79 Å². The Bertz CT molecular complexity index is 674. The molecule has 23 heavy (non-hydrogen) atoms. The van der Waals surface area contributed by atoms with Gasteiger partial charge in [0.05, 0.1) is 12.2 Å². The molecular formula is C20H24O3. The number of para-hydroxylation sites is 1. The predicted molar refractivity (Wildman–Crippen MR) is 92.8 cm³/mol. The molecule has 3 nitrogen and oxygen atoms in total. The summed E-state index contributed by atoms with van der Waals surface area (Å²) in [7, 11) is 0. The first-order chi connectivity index (χ1) is 11.0. The van der Waals surface area contributed by atoms with Crippen molar-refractivity contribution in [2.45, 2.75) is 39.7 Å². The summed E-state index contributed by atoms with van der Waals surface area (Å²) in [5, 5.41) is 0. The summed E-state index contributed by atoms with van der Waals surface area (Å²) < 4.78 is 11.4. The van der Waals surface area contributed by atoms with E-state index in [0.717, 1.165) is 23.3 Å². The first-order valence-corrected chi connectivity index (χ1v) is 8.03. The van der Waals surface area contributed by atoms with Crippen LogP contribution in [0.5, 0.6) is 5.75 Å². The molecule has 0 aromatic heterocycles. The van der Waals surface area contributed by atoms with Gasteiger partial charge in [-0.15, -0.1) is 0 Å². The van der Waals surface area contributed by atoms with Crippen molar-refractivity contribution in [3.63, 3.8) is 0 Å². The van der Waals surface area contributed by atoms with Gasteiger partial charge >= 0.3 is 5.97 Å². The zero-order valence-corrected chi connectivity index (χ0v) is 14.3. The van der Waals surface area contributed by atoms with Gasteiger partial charge in [0.1, 0.15) is 11.4 Å². The van der Waals surface area contributed by atoms with Crippen LogP contribution in [0.3, 0.4) is 0 Å². The van der Waals surface area contributed by atoms with E-state index in [0.29, 0.717) is 12.2 Å². The molecule has 0 atom stereocenters. The van der Waals surface area contributed by atoms with Crippen molar-refractivity contribution < 1.29 is 14.3 Å². The van der Waals surface area contributed by atoms with Crippen LogP contribution in [-0.2, 0) is 4.74 Å². The molecule has 0 saturated carbocycles. The van der Waals surface area contributed by atoms with Crippen molar-refractivity contribution in [2.24, 2.45) is 0 Å². The van der Waals surface area contributed by atoms with Crippen molar-refractivity contribution in [1.82, 2.24) is 0 Å². The van der Waals surface area contributed by atoms with Gasteiger partial charge < -0.3 is 9.47 Å². The molecular weight excluding hydrogens is 288 g/mol. The van der Waals surface area contributed by atoms with E-state index in [9.17, 15) is 4.79 Å². The first kappa shape index (κ1) is 17.1. The Labute approximate surface area is 138 Å². The number of hydrogen-bond donors (Lipinski definition) is 0. The topological polar surface area (TPSA) is 35.5 Å². The molecule has 0 aliphatic rings. The minimum atomic E-state index is -0.483. The highest BCUT2D eigenvalue weighted by molar-refractivity contribution is 5.98. The summed E-state index contributed by atoms with van der Waals surface area (Å²) in [5.74, 6) is 0.462. The smallest absolute Gasteiger partial charge is 0.339 e. The van der Waals surface area contributed by atoms with Crippen LogP contribution in [0.2, 0.25) is 0 Å². The molecule has 0 fully saturated rings. The Morgan fingerprint density at radius 1 is 0.957 bits per heavy atom. The average Bonchev–Trinajstić information content (AvgIpc) is 2.55. The zero-order chi connectivity index (χ0) is 16.9. The Kier molecular flexibility index (Phi) is 5.43. The normalized spacial score (nSPS) is 11.1. The Hall–Kier alpha value is -2.29. The van der Waals surface area contributed by atoms with Crippen molar-refractivity contribution in [3.05, 3.63) is 54.1 Å². The molecule has 0 unspecified atom stereocenters. The van der Waals surface area contributed by atoms with Gasteiger partial charge in [-0.2, -0.15) is 0 Å². The number of hydrogen-bond acceptors (Lipinski definition) is 3. The molecule has 0 amide bonds. The number of carbonyl (C=O) groups is 1. The molecule has 0 saturated heterocycles. The van der Waals surface area contributed by atoms with E-state index >= 15 is 0 Å². The summed E-state index contributed by atoms with van der Waals surface area (Å²) in [6, 6.07) is 15.2. The van der Waals surface area contributed by atoms with E-state index < -0.39 is 5.60 Å². The summed E-state index contributed by atoms with van der Waals surface area (Å²) in [4.78, 5) is 12.6. The predicted octanol–water partition coefficient (Wildman–Crippen LogP) is 5.10. The van der Waals surface area contributed by atoms with Gasteiger partial charge in [-0.1, -0.05) is 43.3 Å².